The Kier molecular flexibility index (Phi) is 10.9. The van der Waals surface area contributed by atoms with Gasteiger partial charge < -0.3 is 15.5 Å². The molecule has 1 atom stereocenters. The number of guanidine groups is 1. The third kappa shape index (κ3) is 7.27. The molecular formula is C18H33IN4S. The molecule has 0 amide bonds. The molecule has 4 nitrogen and oxygen atoms in total. The Labute approximate surface area is 168 Å². The number of hydrogen-bond donors (Lipinski definition) is 2. The Morgan fingerprint density at radius 1 is 1.38 bits per heavy atom. The Hall–Kier alpha value is -0.340. The lowest BCUT2D eigenvalue weighted by Gasteiger charge is -2.30. The van der Waals surface area contributed by atoms with Gasteiger partial charge in [0.2, 0.25) is 0 Å². The van der Waals surface area contributed by atoms with E-state index in [9.17, 15) is 0 Å². The minimum absolute atomic E-state index is 0. The number of piperidine rings is 1. The average molecular weight is 464 g/mol. The summed E-state index contributed by atoms with van der Waals surface area (Å²) < 4.78 is 0. The fourth-order valence-corrected chi connectivity index (χ4v) is 3.82. The third-order valence-corrected chi connectivity index (χ3v) is 5.68. The van der Waals surface area contributed by atoms with E-state index >= 15 is 0 Å². The first-order valence-electron chi connectivity index (χ1n) is 9.03. The SMILES string of the molecule is CCNC(=NCCC1CCN(CC)CC1)NC(C)c1cccs1.I. The average Bonchev–Trinajstić information content (AvgIpc) is 3.10. The van der Waals surface area contributed by atoms with Gasteiger partial charge in [-0.1, -0.05) is 13.0 Å². The van der Waals surface area contributed by atoms with Gasteiger partial charge in [-0.3, -0.25) is 4.99 Å². The molecule has 1 saturated heterocycles. The van der Waals surface area contributed by atoms with Crippen LogP contribution in [-0.4, -0.2) is 43.6 Å². The van der Waals surface area contributed by atoms with Crippen LogP contribution in [0.3, 0.4) is 0 Å². The van der Waals surface area contributed by atoms with E-state index in [1.165, 1.54) is 43.8 Å². The predicted octanol–water partition coefficient (Wildman–Crippen LogP) is 4.10. The van der Waals surface area contributed by atoms with Gasteiger partial charge in [-0.15, -0.1) is 35.3 Å². The standard InChI is InChI=1S/C18H32N4S.HI/c1-4-19-18(21-15(3)17-7-6-14-23-17)20-11-8-16-9-12-22(5-2)13-10-16;/h6-7,14-16H,4-5,8-13H2,1-3H3,(H2,19,20,21);1H. The highest BCUT2D eigenvalue weighted by atomic mass is 127. The number of halogens is 1. The van der Waals surface area contributed by atoms with Crippen molar-refractivity contribution in [1.29, 1.82) is 0 Å². The van der Waals surface area contributed by atoms with Gasteiger partial charge in [0, 0.05) is 18.0 Å². The fraction of sp³-hybridized carbons (Fsp3) is 0.722. The maximum absolute atomic E-state index is 4.78. The molecule has 0 saturated carbocycles. The molecule has 1 aliphatic rings. The summed E-state index contributed by atoms with van der Waals surface area (Å²) in [6.45, 7) is 12.1. The summed E-state index contributed by atoms with van der Waals surface area (Å²) in [6, 6.07) is 4.58. The largest absolute Gasteiger partial charge is 0.357 e. The van der Waals surface area contributed by atoms with Gasteiger partial charge in [-0.2, -0.15) is 0 Å². The van der Waals surface area contributed by atoms with Crippen LogP contribution in [0, 0.1) is 5.92 Å². The van der Waals surface area contributed by atoms with Crippen LogP contribution in [0.5, 0.6) is 0 Å². The first-order chi connectivity index (χ1) is 11.2. The van der Waals surface area contributed by atoms with Gasteiger partial charge in [0.25, 0.3) is 0 Å². The van der Waals surface area contributed by atoms with E-state index in [0.29, 0.717) is 6.04 Å². The summed E-state index contributed by atoms with van der Waals surface area (Å²) in [5.41, 5.74) is 0. The van der Waals surface area contributed by atoms with Gasteiger partial charge in [0.1, 0.15) is 0 Å². The van der Waals surface area contributed by atoms with Gasteiger partial charge >= 0.3 is 0 Å². The minimum atomic E-state index is 0. The highest BCUT2D eigenvalue weighted by Gasteiger charge is 2.17. The molecule has 24 heavy (non-hydrogen) atoms. The number of nitrogens with one attached hydrogen (secondary N) is 2. The van der Waals surface area contributed by atoms with E-state index in [-0.39, 0.29) is 24.0 Å². The van der Waals surface area contributed by atoms with Crippen molar-refractivity contribution in [2.24, 2.45) is 10.9 Å². The lowest BCUT2D eigenvalue weighted by molar-refractivity contribution is 0.188. The Balaban J connectivity index is 0.00000288. The summed E-state index contributed by atoms with van der Waals surface area (Å²) >= 11 is 1.79. The molecular weight excluding hydrogens is 431 g/mol. The van der Waals surface area contributed by atoms with E-state index < -0.39 is 0 Å². The summed E-state index contributed by atoms with van der Waals surface area (Å²) in [5.74, 6) is 1.79. The lowest BCUT2D eigenvalue weighted by Crippen LogP contribution is -2.38. The van der Waals surface area contributed by atoms with E-state index in [1.54, 1.807) is 11.3 Å². The maximum atomic E-state index is 4.78. The van der Waals surface area contributed by atoms with Crippen LogP contribution in [0.2, 0.25) is 0 Å². The molecule has 1 unspecified atom stereocenters. The Bertz CT molecular complexity index is 456. The first kappa shape index (κ1) is 21.7. The third-order valence-electron chi connectivity index (χ3n) is 4.63. The number of likely N-dealkylation sites (tertiary alicyclic amines) is 1. The van der Waals surface area contributed by atoms with Crippen LogP contribution in [0.15, 0.2) is 22.5 Å². The lowest BCUT2D eigenvalue weighted by atomic mass is 9.94. The summed E-state index contributed by atoms with van der Waals surface area (Å²) in [5, 5.41) is 9.01. The van der Waals surface area contributed by atoms with Crippen molar-refractivity contribution in [1.82, 2.24) is 15.5 Å². The predicted molar refractivity (Wildman–Crippen MR) is 117 cm³/mol. The van der Waals surface area contributed by atoms with Crippen molar-refractivity contribution in [3.05, 3.63) is 22.4 Å². The molecule has 138 valence electrons. The second-order valence-corrected chi connectivity index (χ2v) is 7.29. The molecule has 2 N–H and O–H groups in total. The molecule has 1 fully saturated rings. The van der Waals surface area contributed by atoms with Crippen LogP contribution >= 0.6 is 35.3 Å². The van der Waals surface area contributed by atoms with Crippen molar-refractivity contribution < 1.29 is 0 Å². The fourth-order valence-electron chi connectivity index (χ4n) is 3.08. The van der Waals surface area contributed by atoms with Gasteiger partial charge in [0.05, 0.1) is 6.04 Å². The van der Waals surface area contributed by atoms with E-state index in [0.717, 1.165) is 25.0 Å². The van der Waals surface area contributed by atoms with Gasteiger partial charge in [-0.25, -0.2) is 0 Å². The number of hydrogen-bond acceptors (Lipinski definition) is 3. The highest BCUT2D eigenvalue weighted by molar-refractivity contribution is 14.0. The molecule has 2 rings (SSSR count). The molecule has 6 heteroatoms. The quantitative estimate of drug-likeness (QED) is 0.363. The number of nitrogens with zero attached hydrogens (tertiary/aromatic N) is 2. The second kappa shape index (κ2) is 12.1. The van der Waals surface area contributed by atoms with Crippen LogP contribution in [-0.2, 0) is 0 Å². The summed E-state index contributed by atoms with van der Waals surface area (Å²) in [7, 11) is 0. The highest BCUT2D eigenvalue weighted by Crippen LogP contribution is 2.20. The van der Waals surface area contributed by atoms with E-state index in [2.05, 4.69) is 53.8 Å². The van der Waals surface area contributed by atoms with Crippen LogP contribution in [0.4, 0.5) is 0 Å². The number of aliphatic imine (C=N–C) groups is 1. The molecule has 0 spiro atoms. The topological polar surface area (TPSA) is 39.7 Å². The second-order valence-electron chi connectivity index (χ2n) is 6.31. The zero-order valence-electron chi connectivity index (χ0n) is 15.3. The molecule has 0 aliphatic carbocycles. The summed E-state index contributed by atoms with van der Waals surface area (Å²) in [4.78, 5) is 8.68. The number of thiophene rings is 1. The van der Waals surface area contributed by atoms with Crippen molar-refractivity contribution in [2.45, 2.75) is 46.1 Å². The van der Waals surface area contributed by atoms with E-state index in [4.69, 9.17) is 4.99 Å². The first-order valence-corrected chi connectivity index (χ1v) is 9.91. The molecule has 0 radical (unpaired) electrons. The number of rotatable bonds is 7. The smallest absolute Gasteiger partial charge is 0.191 e. The van der Waals surface area contributed by atoms with Crippen molar-refractivity contribution in [3.63, 3.8) is 0 Å². The summed E-state index contributed by atoms with van der Waals surface area (Å²) in [6.07, 6.45) is 3.87. The molecule has 1 aromatic rings. The van der Waals surface area contributed by atoms with Crippen LogP contribution < -0.4 is 10.6 Å². The van der Waals surface area contributed by atoms with Crippen LogP contribution in [0.1, 0.15) is 51.0 Å². The Morgan fingerprint density at radius 2 is 2.12 bits per heavy atom. The van der Waals surface area contributed by atoms with Crippen molar-refractivity contribution >= 4 is 41.3 Å². The maximum Gasteiger partial charge on any atom is 0.191 e. The van der Waals surface area contributed by atoms with Gasteiger partial charge in [0.15, 0.2) is 5.96 Å². The zero-order valence-corrected chi connectivity index (χ0v) is 18.4. The molecule has 0 aromatic carbocycles. The zero-order chi connectivity index (χ0) is 16.5. The molecule has 1 aliphatic heterocycles. The normalized spacial score (nSPS) is 18.0. The minimum Gasteiger partial charge on any atom is -0.357 e. The molecule has 0 bridgehead atoms. The van der Waals surface area contributed by atoms with E-state index in [1.807, 2.05) is 0 Å². The van der Waals surface area contributed by atoms with Crippen molar-refractivity contribution in [2.75, 3.05) is 32.7 Å². The molecule has 2 heterocycles. The van der Waals surface area contributed by atoms with Crippen LogP contribution in [0.25, 0.3) is 0 Å². The molecule has 1 aromatic heterocycles. The van der Waals surface area contributed by atoms with Gasteiger partial charge in [-0.05, 0) is 70.1 Å². The Morgan fingerprint density at radius 3 is 2.71 bits per heavy atom. The van der Waals surface area contributed by atoms with Crippen molar-refractivity contribution in [3.8, 4) is 0 Å². The monoisotopic (exact) mass is 464 g/mol.